The molecule has 3 rings (SSSR count). The standard InChI is InChI=1S/C19H20N2O4/c1-13-2-7-17-16(10-13)12-21(8-9-25-17)19(24)20-11-14-3-5-15(6-4-14)18(22)23/h2-7,10H,8-9,11-12H2,1H3,(H,20,24)(H,22,23). The van der Waals surface area contributed by atoms with Crippen LogP contribution in [0, 0.1) is 6.92 Å². The number of carboxylic acids is 1. The molecule has 0 fully saturated rings. The van der Waals surface area contributed by atoms with Crippen LogP contribution < -0.4 is 10.1 Å². The number of fused-ring (bicyclic) bond motifs is 1. The minimum atomic E-state index is -0.964. The summed E-state index contributed by atoms with van der Waals surface area (Å²) >= 11 is 0. The highest BCUT2D eigenvalue weighted by Crippen LogP contribution is 2.24. The maximum atomic E-state index is 12.5. The number of hydrogen-bond acceptors (Lipinski definition) is 3. The highest BCUT2D eigenvalue weighted by molar-refractivity contribution is 5.87. The van der Waals surface area contributed by atoms with Crippen molar-refractivity contribution in [3.05, 3.63) is 64.7 Å². The molecule has 6 heteroatoms. The van der Waals surface area contributed by atoms with Gasteiger partial charge in [-0.05, 0) is 30.7 Å². The monoisotopic (exact) mass is 340 g/mol. The Labute approximate surface area is 146 Å². The maximum absolute atomic E-state index is 12.5. The van der Waals surface area contributed by atoms with Crippen LogP contribution in [0.25, 0.3) is 0 Å². The third-order valence-electron chi connectivity index (χ3n) is 4.13. The van der Waals surface area contributed by atoms with Crippen LogP contribution in [0.2, 0.25) is 0 Å². The summed E-state index contributed by atoms with van der Waals surface area (Å²) in [6, 6.07) is 12.3. The Hall–Kier alpha value is -3.02. The first-order valence-electron chi connectivity index (χ1n) is 8.10. The Morgan fingerprint density at radius 3 is 2.68 bits per heavy atom. The molecule has 130 valence electrons. The predicted molar refractivity (Wildman–Crippen MR) is 92.7 cm³/mol. The zero-order chi connectivity index (χ0) is 17.8. The van der Waals surface area contributed by atoms with Gasteiger partial charge in [0.1, 0.15) is 12.4 Å². The van der Waals surface area contributed by atoms with Crippen LogP contribution in [0.15, 0.2) is 42.5 Å². The van der Waals surface area contributed by atoms with Crippen LogP contribution in [0.4, 0.5) is 4.79 Å². The summed E-state index contributed by atoms with van der Waals surface area (Å²) in [5, 5.41) is 11.8. The second kappa shape index (κ2) is 7.25. The molecule has 0 aliphatic carbocycles. The van der Waals surface area contributed by atoms with Gasteiger partial charge < -0.3 is 20.1 Å². The van der Waals surface area contributed by atoms with E-state index in [1.165, 1.54) is 12.1 Å². The lowest BCUT2D eigenvalue weighted by molar-refractivity contribution is 0.0697. The number of benzene rings is 2. The van der Waals surface area contributed by atoms with Crippen LogP contribution in [0.1, 0.15) is 27.0 Å². The minimum Gasteiger partial charge on any atom is -0.491 e. The molecule has 1 aliphatic heterocycles. The largest absolute Gasteiger partial charge is 0.491 e. The van der Waals surface area contributed by atoms with Crippen molar-refractivity contribution < 1.29 is 19.4 Å². The van der Waals surface area contributed by atoms with E-state index >= 15 is 0 Å². The Morgan fingerprint density at radius 1 is 1.20 bits per heavy atom. The van der Waals surface area contributed by atoms with Crippen LogP contribution >= 0.6 is 0 Å². The Kier molecular flexibility index (Phi) is 4.88. The lowest BCUT2D eigenvalue weighted by Gasteiger charge is -2.20. The summed E-state index contributed by atoms with van der Waals surface area (Å²) in [6.45, 7) is 3.82. The molecule has 0 bridgehead atoms. The number of carbonyl (C=O) groups excluding carboxylic acids is 1. The van der Waals surface area contributed by atoms with Gasteiger partial charge in [0.15, 0.2) is 0 Å². The molecule has 0 saturated carbocycles. The van der Waals surface area contributed by atoms with Gasteiger partial charge in [0.25, 0.3) is 0 Å². The highest BCUT2D eigenvalue weighted by Gasteiger charge is 2.19. The molecule has 0 atom stereocenters. The van der Waals surface area contributed by atoms with Crippen molar-refractivity contribution in [2.45, 2.75) is 20.0 Å². The molecule has 0 aromatic heterocycles. The van der Waals surface area contributed by atoms with Crippen LogP contribution in [-0.4, -0.2) is 35.2 Å². The molecule has 2 amide bonds. The fourth-order valence-electron chi connectivity index (χ4n) is 2.75. The molecule has 0 unspecified atom stereocenters. The van der Waals surface area contributed by atoms with Crippen molar-refractivity contribution in [1.29, 1.82) is 0 Å². The van der Waals surface area contributed by atoms with Gasteiger partial charge in [-0.1, -0.05) is 29.8 Å². The van der Waals surface area contributed by atoms with Crippen molar-refractivity contribution >= 4 is 12.0 Å². The number of carboxylic acid groups (broad SMARTS) is 1. The number of ether oxygens (including phenoxy) is 1. The van der Waals surface area contributed by atoms with Gasteiger partial charge in [-0.3, -0.25) is 0 Å². The van der Waals surface area contributed by atoms with Gasteiger partial charge in [0, 0.05) is 12.1 Å². The van der Waals surface area contributed by atoms with Crippen LogP contribution in [0.3, 0.4) is 0 Å². The van der Waals surface area contributed by atoms with Crippen molar-refractivity contribution in [3.63, 3.8) is 0 Å². The molecule has 0 spiro atoms. The Bertz CT molecular complexity index is 787. The van der Waals surface area contributed by atoms with E-state index in [-0.39, 0.29) is 11.6 Å². The highest BCUT2D eigenvalue weighted by atomic mass is 16.5. The Balaban J connectivity index is 1.62. The first-order valence-corrected chi connectivity index (χ1v) is 8.10. The average Bonchev–Trinajstić information content (AvgIpc) is 2.82. The summed E-state index contributed by atoms with van der Waals surface area (Å²) in [6.07, 6.45) is 0. The topological polar surface area (TPSA) is 78.9 Å². The summed E-state index contributed by atoms with van der Waals surface area (Å²) in [5.41, 5.74) is 3.20. The van der Waals surface area contributed by atoms with Crippen molar-refractivity contribution in [2.24, 2.45) is 0 Å². The first kappa shape index (κ1) is 16.8. The molecule has 6 nitrogen and oxygen atoms in total. The van der Waals surface area contributed by atoms with E-state index in [2.05, 4.69) is 5.32 Å². The molecule has 0 saturated heterocycles. The molecule has 1 aliphatic rings. The molecular weight excluding hydrogens is 320 g/mol. The van der Waals surface area contributed by atoms with E-state index in [4.69, 9.17) is 9.84 Å². The normalized spacial score (nSPS) is 13.4. The van der Waals surface area contributed by atoms with Crippen LogP contribution in [0.5, 0.6) is 5.75 Å². The quantitative estimate of drug-likeness (QED) is 0.900. The second-order valence-corrected chi connectivity index (χ2v) is 6.04. The molecular formula is C19H20N2O4. The smallest absolute Gasteiger partial charge is 0.335 e. The number of nitrogens with zero attached hydrogens (tertiary/aromatic N) is 1. The molecule has 0 radical (unpaired) electrons. The van der Waals surface area contributed by atoms with Gasteiger partial charge in [-0.15, -0.1) is 0 Å². The van der Waals surface area contributed by atoms with E-state index in [1.807, 2.05) is 25.1 Å². The average molecular weight is 340 g/mol. The summed E-state index contributed by atoms with van der Waals surface area (Å²) in [7, 11) is 0. The third kappa shape index (κ3) is 4.09. The van der Waals surface area contributed by atoms with E-state index in [9.17, 15) is 9.59 Å². The second-order valence-electron chi connectivity index (χ2n) is 6.04. The van der Waals surface area contributed by atoms with Crippen LogP contribution in [-0.2, 0) is 13.1 Å². The van der Waals surface area contributed by atoms with Crippen molar-refractivity contribution in [1.82, 2.24) is 10.2 Å². The number of aryl methyl sites for hydroxylation is 1. The van der Waals surface area contributed by atoms with E-state index in [0.29, 0.717) is 26.2 Å². The third-order valence-corrected chi connectivity index (χ3v) is 4.13. The number of rotatable bonds is 3. The SMILES string of the molecule is Cc1ccc2c(c1)CN(C(=O)NCc1ccc(C(=O)O)cc1)CCO2. The van der Waals surface area contributed by atoms with Gasteiger partial charge >= 0.3 is 12.0 Å². The summed E-state index contributed by atoms with van der Waals surface area (Å²) in [5.74, 6) is -0.140. The van der Waals surface area contributed by atoms with Gasteiger partial charge in [0.05, 0.1) is 18.7 Å². The number of nitrogens with one attached hydrogen (secondary N) is 1. The van der Waals surface area contributed by atoms with Crippen molar-refractivity contribution in [2.75, 3.05) is 13.2 Å². The van der Waals surface area contributed by atoms with E-state index in [1.54, 1.807) is 17.0 Å². The maximum Gasteiger partial charge on any atom is 0.335 e. The number of urea groups is 1. The summed E-state index contributed by atoms with van der Waals surface area (Å²) < 4.78 is 5.70. The van der Waals surface area contributed by atoms with Gasteiger partial charge in [0.2, 0.25) is 0 Å². The lowest BCUT2D eigenvalue weighted by Crippen LogP contribution is -2.40. The summed E-state index contributed by atoms with van der Waals surface area (Å²) in [4.78, 5) is 25.0. The minimum absolute atomic E-state index is 0.166. The molecule has 2 aromatic rings. The van der Waals surface area contributed by atoms with Gasteiger partial charge in [-0.2, -0.15) is 0 Å². The number of hydrogen-bond donors (Lipinski definition) is 2. The molecule has 2 N–H and O–H groups in total. The fourth-order valence-corrected chi connectivity index (χ4v) is 2.75. The lowest BCUT2D eigenvalue weighted by atomic mass is 10.1. The molecule has 2 aromatic carbocycles. The van der Waals surface area contributed by atoms with Gasteiger partial charge in [-0.25, -0.2) is 9.59 Å². The molecule has 25 heavy (non-hydrogen) atoms. The number of amides is 2. The van der Waals surface area contributed by atoms with Crippen molar-refractivity contribution in [3.8, 4) is 5.75 Å². The number of aromatic carboxylic acids is 1. The zero-order valence-electron chi connectivity index (χ0n) is 14.0. The first-order chi connectivity index (χ1) is 12.0. The fraction of sp³-hybridized carbons (Fsp3) is 0.263. The molecule has 1 heterocycles. The predicted octanol–water partition coefficient (Wildman–Crippen LogP) is 2.80. The van der Waals surface area contributed by atoms with E-state index < -0.39 is 5.97 Å². The zero-order valence-corrected chi connectivity index (χ0v) is 14.0. The number of carbonyl (C=O) groups is 2. The Morgan fingerprint density at radius 2 is 1.96 bits per heavy atom. The van der Waals surface area contributed by atoms with E-state index in [0.717, 1.165) is 22.4 Å².